The van der Waals surface area contributed by atoms with Gasteiger partial charge in [0, 0.05) is 19.0 Å². The molecule has 5 nitrogen and oxygen atoms in total. The van der Waals surface area contributed by atoms with Crippen LogP contribution in [-0.2, 0) is 9.59 Å². The number of amides is 2. The van der Waals surface area contributed by atoms with E-state index in [0.29, 0.717) is 18.4 Å². The Labute approximate surface area is 175 Å². The highest BCUT2D eigenvalue weighted by Gasteiger charge is 2.29. The van der Waals surface area contributed by atoms with Gasteiger partial charge >= 0.3 is 0 Å². The van der Waals surface area contributed by atoms with Crippen LogP contribution in [-0.4, -0.2) is 54.3 Å². The van der Waals surface area contributed by atoms with E-state index in [1.807, 2.05) is 18.2 Å². The zero-order chi connectivity index (χ0) is 20.6. The molecule has 0 saturated carbocycles. The first-order chi connectivity index (χ1) is 14.0. The molecule has 2 fully saturated rings. The molecule has 2 aliphatic rings. The second kappa shape index (κ2) is 10.8. The fraction of sp³-hybridized carbons (Fsp3) is 0.667. The monoisotopic (exact) mass is 399 g/mol. The second-order valence-electron chi connectivity index (χ2n) is 8.99. The van der Waals surface area contributed by atoms with Gasteiger partial charge in [-0.2, -0.15) is 0 Å². The molecule has 2 amide bonds. The lowest BCUT2D eigenvalue weighted by Gasteiger charge is -2.34. The molecule has 1 unspecified atom stereocenters. The largest absolute Gasteiger partial charge is 0.348 e. The van der Waals surface area contributed by atoms with Gasteiger partial charge in [-0.1, -0.05) is 57.0 Å². The van der Waals surface area contributed by atoms with Crippen LogP contribution in [0.15, 0.2) is 30.3 Å². The molecule has 1 atom stereocenters. The van der Waals surface area contributed by atoms with Crippen molar-refractivity contribution in [1.29, 1.82) is 0 Å². The molecule has 0 radical (unpaired) electrons. The SMILES string of the molecule is CC(C)C(NC(=O)CN1CCC(C(=O)N2CCCCCC2)CC1)c1ccccc1. The molecule has 2 saturated heterocycles. The van der Waals surface area contributed by atoms with Gasteiger partial charge < -0.3 is 10.2 Å². The van der Waals surface area contributed by atoms with Gasteiger partial charge in [0.05, 0.1) is 12.6 Å². The van der Waals surface area contributed by atoms with Crippen molar-refractivity contribution < 1.29 is 9.59 Å². The Bertz CT molecular complexity index is 645. The maximum absolute atomic E-state index is 12.8. The summed E-state index contributed by atoms with van der Waals surface area (Å²) >= 11 is 0. The topological polar surface area (TPSA) is 52.7 Å². The highest BCUT2D eigenvalue weighted by atomic mass is 16.2. The Morgan fingerprint density at radius 1 is 0.966 bits per heavy atom. The van der Waals surface area contributed by atoms with Crippen molar-refractivity contribution in [3.8, 4) is 0 Å². The minimum absolute atomic E-state index is 0.0332. The number of hydrogen-bond acceptors (Lipinski definition) is 3. The molecule has 3 rings (SSSR count). The molecule has 1 aromatic carbocycles. The van der Waals surface area contributed by atoms with Gasteiger partial charge in [0.25, 0.3) is 0 Å². The summed E-state index contributed by atoms with van der Waals surface area (Å²) < 4.78 is 0. The Kier molecular flexibility index (Phi) is 8.10. The Hall–Kier alpha value is -1.88. The molecular formula is C24H37N3O2. The zero-order valence-electron chi connectivity index (χ0n) is 18.1. The van der Waals surface area contributed by atoms with E-state index in [-0.39, 0.29) is 17.9 Å². The van der Waals surface area contributed by atoms with Crippen molar-refractivity contribution >= 4 is 11.8 Å². The lowest BCUT2D eigenvalue weighted by Crippen LogP contribution is -2.46. The molecule has 160 valence electrons. The summed E-state index contributed by atoms with van der Waals surface area (Å²) in [5.41, 5.74) is 1.15. The number of nitrogens with zero attached hydrogens (tertiary/aromatic N) is 2. The van der Waals surface area contributed by atoms with E-state index in [0.717, 1.165) is 57.4 Å². The van der Waals surface area contributed by atoms with E-state index < -0.39 is 0 Å². The van der Waals surface area contributed by atoms with Crippen molar-refractivity contribution in [2.75, 3.05) is 32.7 Å². The fourth-order valence-corrected chi connectivity index (χ4v) is 4.60. The summed E-state index contributed by atoms with van der Waals surface area (Å²) in [4.78, 5) is 29.8. The number of nitrogens with one attached hydrogen (secondary N) is 1. The maximum Gasteiger partial charge on any atom is 0.234 e. The van der Waals surface area contributed by atoms with Gasteiger partial charge in [-0.15, -0.1) is 0 Å². The molecule has 2 aliphatic heterocycles. The molecule has 0 aromatic heterocycles. The summed E-state index contributed by atoms with van der Waals surface area (Å²) in [6.45, 7) is 8.20. The highest BCUT2D eigenvalue weighted by Crippen LogP contribution is 2.23. The van der Waals surface area contributed by atoms with E-state index in [1.54, 1.807) is 0 Å². The van der Waals surface area contributed by atoms with Gasteiger partial charge in [-0.3, -0.25) is 14.5 Å². The summed E-state index contributed by atoms with van der Waals surface area (Å²) in [5.74, 6) is 0.892. The molecule has 2 heterocycles. The van der Waals surface area contributed by atoms with Crippen molar-refractivity contribution in [1.82, 2.24) is 15.1 Å². The first-order valence-electron chi connectivity index (χ1n) is 11.4. The van der Waals surface area contributed by atoms with Crippen LogP contribution in [0.4, 0.5) is 0 Å². The van der Waals surface area contributed by atoms with Crippen LogP contribution in [0.2, 0.25) is 0 Å². The number of rotatable bonds is 6. The van der Waals surface area contributed by atoms with Crippen molar-refractivity contribution in [2.24, 2.45) is 11.8 Å². The van der Waals surface area contributed by atoms with Crippen LogP contribution in [0.5, 0.6) is 0 Å². The highest BCUT2D eigenvalue weighted by molar-refractivity contribution is 5.80. The van der Waals surface area contributed by atoms with E-state index in [2.05, 4.69) is 41.1 Å². The van der Waals surface area contributed by atoms with Crippen LogP contribution < -0.4 is 5.32 Å². The maximum atomic E-state index is 12.8. The van der Waals surface area contributed by atoms with Crippen molar-refractivity contribution in [3.05, 3.63) is 35.9 Å². The van der Waals surface area contributed by atoms with Crippen molar-refractivity contribution in [3.63, 3.8) is 0 Å². The number of likely N-dealkylation sites (tertiary alicyclic amines) is 2. The minimum Gasteiger partial charge on any atom is -0.348 e. The van der Waals surface area contributed by atoms with Gasteiger partial charge in [0.2, 0.25) is 11.8 Å². The second-order valence-corrected chi connectivity index (χ2v) is 8.99. The van der Waals surface area contributed by atoms with Gasteiger partial charge in [0.15, 0.2) is 0 Å². The molecule has 1 aromatic rings. The first-order valence-corrected chi connectivity index (χ1v) is 11.4. The number of hydrogen-bond donors (Lipinski definition) is 1. The first kappa shape index (κ1) is 21.8. The summed E-state index contributed by atoms with van der Waals surface area (Å²) in [5, 5.41) is 3.22. The quantitative estimate of drug-likeness (QED) is 0.795. The van der Waals surface area contributed by atoms with Gasteiger partial charge in [-0.05, 0) is 50.3 Å². The molecule has 0 bridgehead atoms. The van der Waals surface area contributed by atoms with E-state index in [4.69, 9.17) is 0 Å². The fourth-order valence-electron chi connectivity index (χ4n) is 4.60. The summed E-state index contributed by atoms with van der Waals surface area (Å²) in [6.07, 6.45) is 6.52. The predicted octanol–water partition coefficient (Wildman–Crippen LogP) is 3.61. The number of piperidine rings is 1. The van der Waals surface area contributed by atoms with Gasteiger partial charge in [-0.25, -0.2) is 0 Å². The molecule has 29 heavy (non-hydrogen) atoms. The van der Waals surface area contributed by atoms with Crippen LogP contribution in [0.1, 0.15) is 64.0 Å². The average molecular weight is 400 g/mol. The molecular weight excluding hydrogens is 362 g/mol. The van der Waals surface area contributed by atoms with Crippen LogP contribution in [0.25, 0.3) is 0 Å². The third kappa shape index (κ3) is 6.30. The van der Waals surface area contributed by atoms with Crippen LogP contribution >= 0.6 is 0 Å². The predicted molar refractivity (Wildman–Crippen MR) is 116 cm³/mol. The minimum atomic E-state index is 0.0332. The average Bonchev–Trinajstić information content (AvgIpc) is 3.02. The molecule has 0 aliphatic carbocycles. The Morgan fingerprint density at radius 3 is 2.17 bits per heavy atom. The van der Waals surface area contributed by atoms with E-state index >= 15 is 0 Å². The van der Waals surface area contributed by atoms with E-state index in [1.165, 1.54) is 12.8 Å². The number of carbonyl (C=O) groups excluding carboxylic acids is 2. The third-order valence-electron chi connectivity index (χ3n) is 6.36. The smallest absolute Gasteiger partial charge is 0.234 e. The molecule has 0 spiro atoms. The molecule has 5 heteroatoms. The van der Waals surface area contributed by atoms with Crippen LogP contribution in [0, 0.1) is 11.8 Å². The number of carbonyl (C=O) groups is 2. The number of benzene rings is 1. The Morgan fingerprint density at radius 2 is 1.59 bits per heavy atom. The summed E-state index contributed by atoms with van der Waals surface area (Å²) in [6, 6.07) is 10.2. The van der Waals surface area contributed by atoms with Crippen molar-refractivity contribution in [2.45, 2.75) is 58.4 Å². The summed E-state index contributed by atoms with van der Waals surface area (Å²) in [7, 11) is 0. The zero-order valence-corrected chi connectivity index (χ0v) is 18.1. The molecule has 1 N–H and O–H groups in total. The van der Waals surface area contributed by atoms with Gasteiger partial charge in [0.1, 0.15) is 0 Å². The van der Waals surface area contributed by atoms with E-state index in [9.17, 15) is 9.59 Å². The van der Waals surface area contributed by atoms with Crippen LogP contribution in [0.3, 0.4) is 0 Å². The normalized spacial score (nSPS) is 20.3. The lowest BCUT2D eigenvalue weighted by atomic mass is 9.94. The third-order valence-corrected chi connectivity index (χ3v) is 6.36. The Balaban J connectivity index is 1.46. The standard InChI is InChI=1S/C24H37N3O2/c1-19(2)23(20-10-6-5-7-11-20)25-22(28)18-26-16-12-21(13-17-26)24(29)27-14-8-3-4-9-15-27/h5-7,10-11,19,21,23H,3-4,8-9,12-18H2,1-2H3,(H,25,28). The lowest BCUT2D eigenvalue weighted by molar-refractivity contribution is -0.137.